The number of hydrogen-bond donors (Lipinski definition) is 1. The van der Waals surface area contributed by atoms with E-state index in [1.807, 2.05) is 45.2 Å². The normalized spacial score (nSPS) is 15.7. The van der Waals surface area contributed by atoms with E-state index in [2.05, 4.69) is 52.4 Å². The molecule has 0 spiro atoms. The molecule has 6 rings (SSSR count). The SMILES string of the molecule is CC(C)(C)N(C(=O)O)C1(c2ccc(-c3nc4c(cc3-c3ccccc3)-c3ncncc3CC4)cc2)CCC1. The topological polar surface area (TPSA) is 79.2 Å². The van der Waals surface area contributed by atoms with Crippen molar-refractivity contribution in [3.05, 3.63) is 90.0 Å². The molecule has 0 radical (unpaired) electrons. The van der Waals surface area contributed by atoms with Gasteiger partial charge < -0.3 is 5.11 Å². The Morgan fingerprint density at radius 2 is 1.66 bits per heavy atom. The number of pyridine rings is 1. The fourth-order valence-electron chi connectivity index (χ4n) is 6.25. The lowest BCUT2D eigenvalue weighted by Crippen LogP contribution is -2.60. The Bertz CT molecular complexity index is 1500. The van der Waals surface area contributed by atoms with E-state index < -0.39 is 17.2 Å². The highest BCUT2D eigenvalue weighted by Gasteiger charge is 2.50. The number of carbonyl (C=O) groups is 1. The lowest BCUT2D eigenvalue weighted by molar-refractivity contribution is -0.0328. The van der Waals surface area contributed by atoms with E-state index in [1.54, 1.807) is 11.2 Å². The molecule has 4 aromatic rings. The van der Waals surface area contributed by atoms with Crippen LogP contribution in [0.15, 0.2) is 73.2 Å². The van der Waals surface area contributed by atoms with Gasteiger partial charge in [0.1, 0.15) is 6.33 Å². The first-order chi connectivity index (χ1) is 18.3. The molecule has 1 saturated carbocycles. The lowest BCUT2D eigenvalue weighted by Gasteiger charge is -2.54. The number of aromatic nitrogens is 3. The van der Waals surface area contributed by atoms with Crippen LogP contribution in [0.5, 0.6) is 0 Å². The average molecular weight is 505 g/mol. The predicted octanol–water partition coefficient (Wildman–Crippen LogP) is 7.13. The summed E-state index contributed by atoms with van der Waals surface area (Å²) < 4.78 is 0. The van der Waals surface area contributed by atoms with Gasteiger partial charge in [0.15, 0.2) is 0 Å². The van der Waals surface area contributed by atoms with Crippen LogP contribution in [-0.2, 0) is 18.4 Å². The van der Waals surface area contributed by atoms with E-state index in [-0.39, 0.29) is 0 Å². The van der Waals surface area contributed by atoms with Gasteiger partial charge in [-0.2, -0.15) is 0 Å². The molecule has 192 valence electrons. The zero-order valence-electron chi connectivity index (χ0n) is 22.1. The van der Waals surface area contributed by atoms with Crippen molar-refractivity contribution in [2.75, 3.05) is 0 Å². The molecule has 0 saturated heterocycles. The quantitative estimate of drug-likeness (QED) is 0.320. The highest BCUT2D eigenvalue weighted by Crippen LogP contribution is 2.50. The summed E-state index contributed by atoms with van der Waals surface area (Å²) in [5.41, 5.74) is 8.44. The number of nitrogens with zero attached hydrogens (tertiary/aromatic N) is 4. The Labute approximate surface area is 223 Å². The molecule has 0 atom stereocenters. The molecule has 1 fully saturated rings. The van der Waals surface area contributed by atoms with Gasteiger partial charge in [0.05, 0.1) is 22.6 Å². The van der Waals surface area contributed by atoms with Gasteiger partial charge in [0.2, 0.25) is 0 Å². The van der Waals surface area contributed by atoms with Crippen molar-refractivity contribution >= 4 is 6.09 Å². The van der Waals surface area contributed by atoms with E-state index in [4.69, 9.17) is 4.98 Å². The van der Waals surface area contributed by atoms with E-state index in [0.717, 1.165) is 82.6 Å². The molecular weight excluding hydrogens is 472 g/mol. The molecule has 1 amide bonds. The highest BCUT2D eigenvalue weighted by molar-refractivity contribution is 5.85. The predicted molar refractivity (Wildman–Crippen MR) is 149 cm³/mol. The first-order valence-corrected chi connectivity index (χ1v) is 13.3. The summed E-state index contributed by atoms with van der Waals surface area (Å²) >= 11 is 0. The number of rotatable bonds is 4. The minimum atomic E-state index is -0.868. The number of benzene rings is 2. The highest BCUT2D eigenvalue weighted by atomic mass is 16.4. The molecular formula is C32H32N4O2. The van der Waals surface area contributed by atoms with E-state index in [9.17, 15) is 9.90 Å². The first kappa shape index (κ1) is 24.3. The van der Waals surface area contributed by atoms with Crippen molar-refractivity contribution in [2.24, 2.45) is 0 Å². The summed E-state index contributed by atoms with van der Waals surface area (Å²) in [5, 5.41) is 10.2. The standard InChI is InChI=1S/C32H32N4O2/c1-31(2,3)36(30(37)38)32(16-7-17-32)24-13-10-22(11-14-24)29-25(21-8-5-4-6-9-21)18-26-27(35-29)15-12-23-19-33-20-34-28(23)26/h4-6,8-11,13-14,18-20H,7,12,15-17H2,1-3H3,(H,37,38). The third kappa shape index (κ3) is 3.95. The van der Waals surface area contributed by atoms with Gasteiger partial charge in [-0.1, -0.05) is 54.6 Å². The summed E-state index contributed by atoms with van der Waals surface area (Å²) in [7, 11) is 0. The largest absolute Gasteiger partial charge is 0.465 e. The smallest absolute Gasteiger partial charge is 0.408 e. The van der Waals surface area contributed by atoms with Crippen LogP contribution in [-0.4, -0.2) is 36.6 Å². The Morgan fingerprint density at radius 3 is 2.29 bits per heavy atom. The number of hydrogen-bond acceptors (Lipinski definition) is 4. The zero-order chi connectivity index (χ0) is 26.5. The Morgan fingerprint density at radius 1 is 0.921 bits per heavy atom. The zero-order valence-corrected chi connectivity index (χ0v) is 22.1. The van der Waals surface area contributed by atoms with Gasteiger partial charge in [-0.25, -0.2) is 14.8 Å². The van der Waals surface area contributed by atoms with Crippen LogP contribution in [0.25, 0.3) is 33.6 Å². The number of carboxylic acid groups (broad SMARTS) is 1. The van der Waals surface area contributed by atoms with Crippen molar-refractivity contribution < 1.29 is 9.90 Å². The Hall–Kier alpha value is -4.06. The summed E-state index contributed by atoms with van der Waals surface area (Å²) in [6, 6.07) is 21.0. The van der Waals surface area contributed by atoms with E-state index in [1.165, 1.54) is 0 Å². The molecule has 38 heavy (non-hydrogen) atoms. The lowest BCUT2D eigenvalue weighted by atomic mass is 9.69. The first-order valence-electron chi connectivity index (χ1n) is 13.3. The summed E-state index contributed by atoms with van der Waals surface area (Å²) in [6.45, 7) is 5.92. The molecule has 6 heteroatoms. The van der Waals surface area contributed by atoms with Crippen LogP contribution in [0, 0.1) is 0 Å². The van der Waals surface area contributed by atoms with Gasteiger partial charge >= 0.3 is 6.09 Å². The second-order valence-corrected chi connectivity index (χ2v) is 11.4. The minimum absolute atomic E-state index is 0.489. The second-order valence-electron chi connectivity index (χ2n) is 11.4. The van der Waals surface area contributed by atoms with Crippen molar-refractivity contribution in [2.45, 2.75) is 64.0 Å². The molecule has 2 aliphatic carbocycles. The van der Waals surface area contributed by atoms with Crippen LogP contribution in [0.4, 0.5) is 4.79 Å². The van der Waals surface area contributed by atoms with Gasteiger partial charge in [-0.3, -0.25) is 9.88 Å². The summed E-state index contributed by atoms with van der Waals surface area (Å²) in [6.07, 6.45) is 7.07. The number of amides is 1. The van der Waals surface area contributed by atoms with Crippen LogP contribution < -0.4 is 0 Å². The third-order valence-corrected chi connectivity index (χ3v) is 8.03. The van der Waals surface area contributed by atoms with Crippen LogP contribution >= 0.6 is 0 Å². The summed E-state index contributed by atoms with van der Waals surface area (Å²) in [4.78, 5) is 28.1. The fourth-order valence-corrected chi connectivity index (χ4v) is 6.25. The van der Waals surface area contributed by atoms with Gasteiger partial charge in [0.25, 0.3) is 0 Å². The van der Waals surface area contributed by atoms with Crippen LogP contribution in [0.1, 0.15) is 56.9 Å². The third-order valence-electron chi connectivity index (χ3n) is 8.03. The number of aryl methyl sites for hydroxylation is 2. The van der Waals surface area contributed by atoms with E-state index >= 15 is 0 Å². The Balaban J connectivity index is 1.47. The molecule has 2 aliphatic rings. The molecule has 0 aliphatic heterocycles. The molecule has 2 aromatic heterocycles. The fraction of sp³-hybridized carbons (Fsp3) is 0.312. The molecule has 6 nitrogen and oxygen atoms in total. The maximum atomic E-state index is 12.4. The Kier molecular flexibility index (Phi) is 5.78. The maximum absolute atomic E-state index is 12.4. The molecule has 2 heterocycles. The number of fused-ring (bicyclic) bond motifs is 3. The van der Waals surface area contributed by atoms with Gasteiger partial charge in [-0.15, -0.1) is 0 Å². The van der Waals surface area contributed by atoms with Crippen molar-refractivity contribution in [1.82, 2.24) is 19.9 Å². The molecule has 2 aromatic carbocycles. The molecule has 0 unspecified atom stereocenters. The second kappa shape index (κ2) is 9.05. The summed E-state index contributed by atoms with van der Waals surface area (Å²) in [5.74, 6) is 0. The molecule has 1 N–H and O–H groups in total. The minimum Gasteiger partial charge on any atom is -0.465 e. The van der Waals surface area contributed by atoms with Crippen molar-refractivity contribution in [3.63, 3.8) is 0 Å². The monoisotopic (exact) mass is 504 g/mol. The maximum Gasteiger partial charge on any atom is 0.408 e. The van der Waals surface area contributed by atoms with Gasteiger partial charge in [-0.05, 0) is 75.6 Å². The van der Waals surface area contributed by atoms with E-state index in [0.29, 0.717) is 0 Å². The van der Waals surface area contributed by atoms with Gasteiger partial charge in [0, 0.05) is 28.4 Å². The van der Waals surface area contributed by atoms with Crippen LogP contribution in [0.3, 0.4) is 0 Å². The van der Waals surface area contributed by atoms with Crippen molar-refractivity contribution in [1.29, 1.82) is 0 Å². The molecule has 0 bridgehead atoms. The average Bonchev–Trinajstić information content (AvgIpc) is 2.89. The van der Waals surface area contributed by atoms with Crippen LogP contribution in [0.2, 0.25) is 0 Å². The van der Waals surface area contributed by atoms with Crippen molar-refractivity contribution in [3.8, 4) is 33.6 Å².